The van der Waals surface area contributed by atoms with E-state index in [0.29, 0.717) is 36.3 Å². The first-order chi connectivity index (χ1) is 11.3. The normalized spacial score (nSPS) is 13.2. The Bertz CT molecular complexity index is 655. The molecule has 8 heteroatoms. The van der Waals surface area contributed by atoms with E-state index >= 15 is 0 Å². The monoisotopic (exact) mass is 344 g/mol. The molecule has 0 aliphatic carbocycles. The molecule has 0 N–H and O–H groups in total. The number of ether oxygens (including phenoxy) is 2. The molecule has 8 nitrogen and oxygen atoms in total. The Kier molecular flexibility index (Phi) is 7.73. The first-order valence-electron chi connectivity index (χ1n) is 7.74. The Morgan fingerprint density at radius 1 is 0.750 bits per heavy atom. The summed E-state index contributed by atoms with van der Waals surface area (Å²) in [6.07, 6.45) is -0.442. The number of hydrogen-bond acceptors (Lipinski definition) is 8. The smallest absolute Gasteiger partial charge is 0.396 e. The first-order valence-corrected chi connectivity index (χ1v) is 7.74. The Morgan fingerprint density at radius 2 is 1.08 bits per heavy atom. The van der Waals surface area contributed by atoms with Crippen LogP contribution in [0.1, 0.15) is 62.9 Å². The van der Waals surface area contributed by atoms with Crippen LogP contribution in [0.5, 0.6) is 0 Å². The molecule has 2 heterocycles. The summed E-state index contributed by atoms with van der Waals surface area (Å²) in [4.78, 5) is 21.3. The van der Waals surface area contributed by atoms with Crippen molar-refractivity contribution in [3.05, 3.63) is 44.3 Å². The maximum Gasteiger partial charge on any atom is 0.519 e. The summed E-state index contributed by atoms with van der Waals surface area (Å²) in [7, 11) is 0. The van der Waals surface area contributed by atoms with Gasteiger partial charge >= 0.3 is 11.6 Å². The van der Waals surface area contributed by atoms with E-state index in [1.54, 1.807) is 13.8 Å². The highest BCUT2D eigenvalue weighted by atomic mass is 16.6. The molecule has 0 radical (unpaired) electrons. The lowest BCUT2D eigenvalue weighted by atomic mass is 10.3. The van der Waals surface area contributed by atoms with E-state index in [1.165, 1.54) is 0 Å². The third kappa shape index (κ3) is 5.54. The van der Waals surface area contributed by atoms with Gasteiger partial charge in [0.15, 0.2) is 11.5 Å². The third-order valence-electron chi connectivity index (χ3n) is 3.13. The number of rotatable bonds is 6. The molecule has 2 aromatic rings. The molecular weight excluding hydrogens is 320 g/mol. The summed E-state index contributed by atoms with van der Waals surface area (Å²) < 4.78 is 29.4. The van der Waals surface area contributed by atoms with Gasteiger partial charge < -0.3 is 27.1 Å². The Hall–Kier alpha value is -2.06. The lowest BCUT2D eigenvalue weighted by Crippen LogP contribution is -1.99. The summed E-state index contributed by atoms with van der Waals surface area (Å²) in [5.41, 5.74) is 0. The van der Waals surface area contributed by atoms with E-state index in [9.17, 15) is 9.59 Å². The maximum atomic E-state index is 10.6. The largest absolute Gasteiger partial charge is 0.519 e. The molecule has 0 saturated carbocycles. The molecule has 2 unspecified atom stereocenters. The molecule has 0 aliphatic heterocycles. The molecule has 136 valence electrons. The van der Waals surface area contributed by atoms with Gasteiger partial charge in [-0.05, 0) is 41.5 Å². The maximum absolute atomic E-state index is 10.6. The fraction of sp³-hybridized carbons (Fsp3) is 0.625. The molecule has 24 heavy (non-hydrogen) atoms. The Labute approximate surface area is 139 Å². The van der Waals surface area contributed by atoms with Gasteiger partial charge in [0.05, 0.1) is 0 Å². The van der Waals surface area contributed by atoms with Crippen molar-refractivity contribution in [1.82, 2.24) is 0 Å². The van der Waals surface area contributed by atoms with Crippen LogP contribution in [0.15, 0.2) is 27.3 Å². The van der Waals surface area contributed by atoms with Crippen LogP contribution in [0.3, 0.4) is 0 Å². The fourth-order valence-electron chi connectivity index (χ4n) is 2.11. The summed E-state index contributed by atoms with van der Waals surface area (Å²) in [5.74, 6) is 0.578. The van der Waals surface area contributed by atoms with Crippen molar-refractivity contribution < 1.29 is 27.1 Å². The van der Waals surface area contributed by atoms with Crippen LogP contribution in [0.4, 0.5) is 0 Å². The minimum Gasteiger partial charge on any atom is -0.396 e. The zero-order valence-electron chi connectivity index (χ0n) is 14.8. The van der Waals surface area contributed by atoms with Crippen molar-refractivity contribution in [3.8, 4) is 0 Å². The van der Waals surface area contributed by atoms with E-state index in [2.05, 4.69) is 8.83 Å². The summed E-state index contributed by atoms with van der Waals surface area (Å²) in [6.45, 7) is 11.9. The average Bonchev–Trinajstić information content (AvgIpc) is 3.01. The zero-order valence-corrected chi connectivity index (χ0v) is 14.8. The summed E-state index contributed by atoms with van der Waals surface area (Å²) in [6, 6.07) is 0. The van der Waals surface area contributed by atoms with Crippen LogP contribution in [-0.4, -0.2) is 13.2 Å². The average molecular weight is 344 g/mol. The van der Waals surface area contributed by atoms with Crippen LogP contribution >= 0.6 is 0 Å². The Morgan fingerprint density at radius 3 is 1.29 bits per heavy atom. The quantitative estimate of drug-likeness (QED) is 0.786. The molecule has 2 rings (SSSR count). The second kappa shape index (κ2) is 9.29. The second-order valence-electron chi connectivity index (χ2n) is 4.94. The molecule has 0 fully saturated rings. The van der Waals surface area contributed by atoms with E-state index in [1.807, 2.05) is 27.7 Å². The highest BCUT2D eigenvalue weighted by Gasteiger charge is 2.16. The summed E-state index contributed by atoms with van der Waals surface area (Å²) in [5, 5.41) is 0. The summed E-state index contributed by atoms with van der Waals surface area (Å²) >= 11 is 0. The molecule has 2 aromatic heterocycles. The minimum absolute atomic E-state index is 0.221. The fourth-order valence-corrected chi connectivity index (χ4v) is 2.11. The van der Waals surface area contributed by atoms with Crippen LogP contribution in [0.2, 0.25) is 0 Å². The molecule has 0 aliphatic rings. The lowest BCUT2D eigenvalue weighted by Gasteiger charge is -2.06. The van der Waals surface area contributed by atoms with Crippen LogP contribution in [-0.2, 0) is 9.47 Å². The standard InChI is InChI=1S/2C8H12O4/c2*1-4-10-5(2)7-6(3)11-8(9)12-7/h2*5H,4H2,1-3H3. The third-order valence-corrected chi connectivity index (χ3v) is 3.13. The highest BCUT2D eigenvalue weighted by molar-refractivity contribution is 5.04. The van der Waals surface area contributed by atoms with Crippen LogP contribution < -0.4 is 11.6 Å². The first kappa shape index (κ1) is 20.0. The number of hydrogen-bond donors (Lipinski definition) is 0. The molecule has 2 atom stereocenters. The van der Waals surface area contributed by atoms with Crippen LogP contribution in [0.25, 0.3) is 0 Å². The molecule has 0 aromatic carbocycles. The predicted molar refractivity (Wildman–Crippen MR) is 84.0 cm³/mol. The molecule has 0 spiro atoms. The van der Waals surface area contributed by atoms with Gasteiger partial charge in [-0.2, -0.15) is 0 Å². The van der Waals surface area contributed by atoms with Crippen molar-refractivity contribution >= 4 is 0 Å². The second-order valence-corrected chi connectivity index (χ2v) is 4.94. The Balaban J connectivity index is 0.000000240. The predicted octanol–water partition coefficient (Wildman–Crippen LogP) is 3.28. The molecule has 0 bridgehead atoms. The topological polar surface area (TPSA) is 105 Å². The van der Waals surface area contributed by atoms with Crippen molar-refractivity contribution in [2.45, 2.75) is 53.8 Å². The van der Waals surface area contributed by atoms with Gasteiger partial charge in [0, 0.05) is 13.2 Å². The van der Waals surface area contributed by atoms with E-state index in [4.69, 9.17) is 18.3 Å². The molecule has 0 amide bonds. The number of aryl methyl sites for hydroxylation is 2. The van der Waals surface area contributed by atoms with Gasteiger partial charge in [-0.25, -0.2) is 9.59 Å². The highest BCUT2D eigenvalue weighted by Crippen LogP contribution is 2.19. The van der Waals surface area contributed by atoms with E-state index in [-0.39, 0.29) is 12.2 Å². The van der Waals surface area contributed by atoms with Crippen LogP contribution in [0, 0.1) is 13.8 Å². The van der Waals surface area contributed by atoms with Gasteiger partial charge in [0.1, 0.15) is 23.7 Å². The van der Waals surface area contributed by atoms with Gasteiger partial charge in [0.25, 0.3) is 0 Å². The van der Waals surface area contributed by atoms with Crippen molar-refractivity contribution in [1.29, 1.82) is 0 Å². The van der Waals surface area contributed by atoms with Crippen molar-refractivity contribution in [2.75, 3.05) is 13.2 Å². The molecule has 0 saturated heterocycles. The SMILES string of the molecule is CCOC(C)c1oc(=O)oc1C.CCOC(C)c1oc(=O)oc1C. The van der Waals surface area contributed by atoms with Gasteiger partial charge in [0.2, 0.25) is 0 Å². The van der Waals surface area contributed by atoms with Gasteiger partial charge in [-0.1, -0.05) is 0 Å². The van der Waals surface area contributed by atoms with Gasteiger partial charge in [-0.3, -0.25) is 0 Å². The zero-order chi connectivity index (χ0) is 18.3. The lowest BCUT2D eigenvalue weighted by molar-refractivity contribution is 0.0588. The van der Waals surface area contributed by atoms with Crippen molar-refractivity contribution in [3.63, 3.8) is 0 Å². The van der Waals surface area contributed by atoms with E-state index in [0.717, 1.165) is 0 Å². The van der Waals surface area contributed by atoms with E-state index < -0.39 is 11.6 Å². The minimum atomic E-state index is -0.672. The molecular formula is C16H24O8. The van der Waals surface area contributed by atoms with Crippen molar-refractivity contribution in [2.24, 2.45) is 0 Å². The van der Waals surface area contributed by atoms with Gasteiger partial charge in [-0.15, -0.1) is 0 Å².